The molecule has 6 unspecified atom stereocenters. The van der Waals surface area contributed by atoms with E-state index in [1.54, 1.807) is 19.1 Å². The molecule has 1 aliphatic heterocycles. The van der Waals surface area contributed by atoms with Gasteiger partial charge in [0.05, 0.1) is 24.7 Å². The molecule has 10 nitrogen and oxygen atoms in total. The number of aliphatic hydroxyl groups is 2. The van der Waals surface area contributed by atoms with Gasteiger partial charge in [0.1, 0.15) is 18.3 Å². The Balaban J connectivity index is 1.28. The van der Waals surface area contributed by atoms with E-state index in [9.17, 15) is 19.8 Å². The van der Waals surface area contributed by atoms with Crippen molar-refractivity contribution >= 4 is 11.8 Å². The molecular weight excluding hydrogens is 651 g/mol. The molecule has 0 radical (unpaired) electrons. The molecule has 6 rings (SSSR count). The number of alkyl halides is 1. The van der Waals surface area contributed by atoms with Crippen LogP contribution in [-0.4, -0.2) is 116 Å². The zero-order valence-electron chi connectivity index (χ0n) is 33.0. The van der Waals surface area contributed by atoms with Crippen LogP contribution < -0.4 is 10.6 Å². The van der Waals surface area contributed by atoms with Crippen LogP contribution in [0.5, 0.6) is 0 Å². The molecule has 1 heterocycles. The lowest BCUT2D eigenvalue weighted by atomic mass is 9.45. The first-order valence-electron chi connectivity index (χ1n) is 20.2. The average Bonchev–Trinajstić information content (AvgIpc) is 3.43. The molecule has 4 N–H and O–H groups in total. The van der Waals surface area contributed by atoms with Gasteiger partial charge >= 0.3 is 0 Å². The number of hydrogen-bond donors (Lipinski definition) is 4. The zero-order valence-corrected chi connectivity index (χ0v) is 33.0. The maximum Gasteiger partial charge on any atom is 0.240 e. The third kappa shape index (κ3) is 8.80. The Morgan fingerprint density at radius 1 is 1.08 bits per heavy atom. The largest absolute Gasteiger partial charge is 0.394 e. The van der Waals surface area contributed by atoms with Crippen LogP contribution >= 0.6 is 0 Å². The molecule has 2 bridgehead atoms. The third-order valence-electron chi connectivity index (χ3n) is 14.2. The molecule has 1 saturated heterocycles. The maximum atomic E-state index is 15.5. The Labute approximate surface area is 307 Å². The van der Waals surface area contributed by atoms with Crippen LogP contribution in [0.1, 0.15) is 99.3 Å². The number of methoxy groups -OCH3 is 1. The summed E-state index contributed by atoms with van der Waals surface area (Å²) in [5, 5.41) is 29.6. The first-order chi connectivity index (χ1) is 24.1. The summed E-state index contributed by atoms with van der Waals surface area (Å²) in [5.74, 6) is 0.710. The second-order valence-corrected chi connectivity index (χ2v) is 18.6. The van der Waals surface area contributed by atoms with Crippen LogP contribution in [0.15, 0.2) is 0 Å². The van der Waals surface area contributed by atoms with Crippen LogP contribution in [-0.2, 0) is 19.2 Å². The van der Waals surface area contributed by atoms with Crippen LogP contribution in [0, 0.1) is 58.7 Å². The molecule has 2 amide bonds. The molecule has 11 heteroatoms. The van der Waals surface area contributed by atoms with Gasteiger partial charge < -0.3 is 30.5 Å². The number of likely N-dealkylation sites (N-methyl/N-ethyl adjacent to an activating group) is 1. The number of hydroxylamine groups is 2. The normalized spacial score (nSPS) is 40.9. The van der Waals surface area contributed by atoms with Gasteiger partial charge in [-0.2, -0.15) is 5.06 Å². The summed E-state index contributed by atoms with van der Waals surface area (Å²) in [6.45, 7) is 13.8. The molecule has 51 heavy (non-hydrogen) atoms. The van der Waals surface area contributed by atoms with E-state index >= 15 is 4.39 Å². The summed E-state index contributed by atoms with van der Waals surface area (Å²) >= 11 is 0. The molecule has 0 aromatic heterocycles. The molecule has 5 saturated carbocycles. The summed E-state index contributed by atoms with van der Waals surface area (Å²) in [5.41, 5.74) is 0.301. The van der Waals surface area contributed by atoms with Crippen LogP contribution in [0.2, 0.25) is 0 Å². The van der Waals surface area contributed by atoms with Gasteiger partial charge in [-0.25, -0.2) is 4.39 Å². The van der Waals surface area contributed by atoms with E-state index in [4.69, 9.17) is 9.57 Å². The molecular formula is C40H71FN4O6. The minimum atomic E-state index is -1.16. The van der Waals surface area contributed by atoms with Crippen molar-refractivity contribution in [3.8, 4) is 0 Å². The molecule has 0 aromatic rings. The fraction of sp³-hybridized carbons (Fsp3) is 0.950. The number of carbonyl (C=O) groups excluding carboxylic acids is 2. The maximum absolute atomic E-state index is 15.5. The molecule has 6 fully saturated rings. The van der Waals surface area contributed by atoms with E-state index in [0.717, 1.165) is 45.1 Å². The van der Waals surface area contributed by atoms with Gasteiger partial charge in [-0.1, -0.05) is 41.0 Å². The summed E-state index contributed by atoms with van der Waals surface area (Å²) in [7, 11) is 5.73. The highest BCUT2D eigenvalue weighted by molar-refractivity contribution is 5.83. The van der Waals surface area contributed by atoms with Crippen molar-refractivity contribution in [3.63, 3.8) is 0 Å². The molecule has 0 spiro atoms. The topological polar surface area (TPSA) is 124 Å². The molecule has 15 atom stereocenters. The van der Waals surface area contributed by atoms with Crippen LogP contribution in [0.4, 0.5) is 4.39 Å². The van der Waals surface area contributed by atoms with Gasteiger partial charge in [0.2, 0.25) is 11.8 Å². The highest BCUT2D eigenvalue weighted by atomic mass is 19.1. The minimum Gasteiger partial charge on any atom is -0.394 e. The second-order valence-electron chi connectivity index (χ2n) is 18.6. The van der Waals surface area contributed by atoms with Crippen molar-refractivity contribution in [3.05, 3.63) is 0 Å². The van der Waals surface area contributed by atoms with Gasteiger partial charge in [-0.05, 0) is 113 Å². The van der Waals surface area contributed by atoms with Crippen molar-refractivity contribution in [2.45, 2.75) is 142 Å². The standard InChI is InChI=1S/C40H71FN4O6/c1-22(2)15-28(20-44(7)8)42-38(48)30-16-25(13-14-32(30)41)29-12-10-11-26(37(29)50-9)19-45-36(35(24(4)47)34(21-46)51-45)39(49)43-33-18-27-17-31(23(33)3)40(27,5)6/h22-37,46-47H,10-21H2,1-9H3,(H,42,48)(H,43,49)/t23-,24-,25?,26?,27+,28+,29?,30?,31-,32?,33-,34-,35+,36-,37?/m0/s1. The highest BCUT2D eigenvalue weighted by Crippen LogP contribution is 2.61. The number of carbonyl (C=O) groups is 2. The molecule has 6 aliphatic rings. The van der Waals surface area contributed by atoms with Gasteiger partial charge in [0.15, 0.2) is 0 Å². The van der Waals surface area contributed by atoms with Crippen LogP contribution in [0.25, 0.3) is 0 Å². The number of amides is 2. The predicted molar refractivity (Wildman–Crippen MR) is 196 cm³/mol. The van der Waals surface area contributed by atoms with E-state index in [-0.39, 0.29) is 54.4 Å². The van der Waals surface area contributed by atoms with Crippen molar-refractivity contribution in [1.82, 2.24) is 20.6 Å². The number of nitrogens with zero attached hydrogens (tertiary/aromatic N) is 2. The number of aliphatic hydroxyl groups excluding tert-OH is 2. The average molecular weight is 723 g/mol. The summed E-state index contributed by atoms with van der Waals surface area (Å²) < 4.78 is 21.7. The monoisotopic (exact) mass is 723 g/mol. The van der Waals surface area contributed by atoms with Gasteiger partial charge in [-0.3, -0.25) is 14.4 Å². The van der Waals surface area contributed by atoms with Crippen LogP contribution in [0.3, 0.4) is 0 Å². The number of fused-ring (bicyclic) bond motifs is 2. The number of rotatable bonds is 14. The fourth-order valence-corrected chi connectivity index (χ4v) is 11.4. The molecule has 294 valence electrons. The van der Waals surface area contributed by atoms with Gasteiger partial charge in [-0.15, -0.1) is 0 Å². The molecule has 5 aliphatic carbocycles. The first-order valence-corrected chi connectivity index (χ1v) is 20.2. The number of hydrogen-bond acceptors (Lipinski definition) is 8. The van der Waals surface area contributed by atoms with Crippen molar-refractivity contribution in [2.75, 3.05) is 40.9 Å². The third-order valence-corrected chi connectivity index (χ3v) is 14.2. The fourth-order valence-electron chi connectivity index (χ4n) is 11.4. The Morgan fingerprint density at radius 2 is 1.80 bits per heavy atom. The molecule has 0 aromatic carbocycles. The first kappa shape index (κ1) is 40.8. The van der Waals surface area contributed by atoms with Gasteiger partial charge in [0.25, 0.3) is 0 Å². The summed E-state index contributed by atoms with van der Waals surface area (Å²) in [6, 6.07) is -0.693. The Hall–Kier alpha value is -1.37. The smallest absolute Gasteiger partial charge is 0.240 e. The number of ether oxygens (including phenoxy) is 1. The van der Waals surface area contributed by atoms with E-state index in [2.05, 4.69) is 50.2 Å². The Bertz CT molecular complexity index is 1160. The lowest BCUT2D eigenvalue weighted by Crippen LogP contribution is -2.62. The number of nitrogens with one attached hydrogen (secondary N) is 2. The summed E-state index contributed by atoms with van der Waals surface area (Å²) in [4.78, 5) is 36.2. The zero-order chi connectivity index (χ0) is 37.4. The second kappa shape index (κ2) is 17.0. The van der Waals surface area contributed by atoms with E-state index in [1.165, 1.54) is 6.42 Å². The Kier molecular flexibility index (Phi) is 13.6. The predicted octanol–water partition coefficient (Wildman–Crippen LogP) is 4.43. The quantitative estimate of drug-likeness (QED) is 0.208. The minimum absolute atomic E-state index is 0.0245. The van der Waals surface area contributed by atoms with E-state index < -0.39 is 36.3 Å². The van der Waals surface area contributed by atoms with Gasteiger partial charge in [0, 0.05) is 44.1 Å². The lowest BCUT2D eigenvalue weighted by molar-refractivity contribution is -0.193. The van der Waals surface area contributed by atoms with Crippen molar-refractivity contribution < 1.29 is 33.8 Å². The van der Waals surface area contributed by atoms with E-state index in [0.29, 0.717) is 48.5 Å². The van der Waals surface area contributed by atoms with Crippen molar-refractivity contribution in [1.29, 1.82) is 0 Å². The summed E-state index contributed by atoms with van der Waals surface area (Å²) in [6.07, 6.45) is 4.55. The Morgan fingerprint density at radius 3 is 2.39 bits per heavy atom. The SMILES string of the molecule is COC1C(CN2O[C@@H](CO)[C@@H]([C@H](C)O)[C@H]2C(=O)N[C@H]2C[C@H]3C[C@@H]([C@@H]2C)C3(C)C)CCCC1C1CCC(F)C(C(=O)N[C@H](CC(C)C)CN(C)C)C1. The van der Waals surface area contributed by atoms with Crippen molar-refractivity contribution in [2.24, 2.45) is 58.7 Å². The lowest BCUT2D eigenvalue weighted by Gasteiger charge is -2.62. The number of halogens is 1. The van der Waals surface area contributed by atoms with E-state index in [1.807, 2.05) is 14.1 Å². The highest BCUT2D eigenvalue weighted by Gasteiger charge is 2.58.